The average molecular weight is 534 g/mol. The summed E-state index contributed by atoms with van der Waals surface area (Å²) in [7, 11) is 0. The van der Waals surface area contributed by atoms with Gasteiger partial charge in [-0.1, -0.05) is 53.7 Å². The largest absolute Gasteiger partial charge is 0.490 e. The molecule has 2 fully saturated rings. The minimum atomic E-state index is -0.886. The van der Waals surface area contributed by atoms with Crippen molar-refractivity contribution < 1.29 is 38.4 Å². The van der Waals surface area contributed by atoms with Crippen molar-refractivity contribution in [3.05, 3.63) is 101 Å². The summed E-state index contributed by atoms with van der Waals surface area (Å²) >= 11 is 0. The van der Waals surface area contributed by atoms with Crippen molar-refractivity contribution in [2.24, 2.45) is 5.16 Å². The Balaban J connectivity index is 1.32. The van der Waals surface area contributed by atoms with Gasteiger partial charge in [0, 0.05) is 22.3 Å². The van der Waals surface area contributed by atoms with Gasteiger partial charge in [0.15, 0.2) is 19.2 Å². The Hall–Kier alpha value is -3.76. The third-order valence-electron chi connectivity index (χ3n) is 6.44. The Morgan fingerprint density at radius 1 is 0.846 bits per heavy atom. The zero-order chi connectivity index (χ0) is 27.0. The number of hydrogen-bond acceptors (Lipinski definition) is 8. The molecular formula is C30H31NO8. The molecule has 5 rings (SSSR count). The van der Waals surface area contributed by atoms with Gasteiger partial charge in [-0.25, -0.2) is 0 Å². The summed E-state index contributed by atoms with van der Waals surface area (Å²) in [5.41, 5.74) is 4.78. The van der Waals surface area contributed by atoms with Crippen LogP contribution in [0, 0.1) is 0 Å². The maximum Gasteiger partial charge on any atom is 0.310 e. The minimum absolute atomic E-state index is 0.186. The highest BCUT2D eigenvalue weighted by Gasteiger charge is 2.22. The zero-order valence-electron chi connectivity index (χ0n) is 21.7. The molecule has 2 heterocycles. The van der Waals surface area contributed by atoms with Gasteiger partial charge in [0.25, 0.3) is 0 Å². The number of carbonyl (C=O) groups is 1. The molecule has 0 spiro atoms. The third kappa shape index (κ3) is 6.82. The molecule has 0 aliphatic carbocycles. The topological polar surface area (TPSA) is 105 Å². The molecule has 1 unspecified atom stereocenters. The zero-order valence-corrected chi connectivity index (χ0v) is 21.7. The lowest BCUT2D eigenvalue weighted by Crippen LogP contribution is -2.11. The third-order valence-corrected chi connectivity index (χ3v) is 6.44. The highest BCUT2D eigenvalue weighted by Crippen LogP contribution is 2.27. The molecule has 1 atom stereocenters. The standard InChI is InChI=1S/C30H31NO8/c1-20(28(32)33)21-5-4-10-26(19-21)34-15-16-39-31-27(22-6-2-8-24(17-22)29-35-11-12-36-29)23-7-3-9-25(18-23)30-37-13-14-38-30/h2-10,17-20,29-30H,11-16H2,1H3,(H,32,33). The molecule has 0 aromatic heterocycles. The van der Waals surface area contributed by atoms with Crippen molar-refractivity contribution in [1.29, 1.82) is 0 Å². The minimum Gasteiger partial charge on any atom is -0.490 e. The van der Waals surface area contributed by atoms with Gasteiger partial charge in [-0.05, 0) is 36.8 Å². The number of carboxylic acid groups (broad SMARTS) is 1. The lowest BCUT2D eigenvalue weighted by atomic mass is 9.98. The number of oxime groups is 1. The second kappa shape index (κ2) is 12.9. The molecule has 1 N–H and O–H groups in total. The van der Waals surface area contributed by atoms with Gasteiger partial charge >= 0.3 is 5.97 Å². The number of nitrogens with zero attached hydrogens (tertiary/aromatic N) is 1. The molecule has 0 radical (unpaired) electrons. The summed E-state index contributed by atoms with van der Waals surface area (Å²) < 4.78 is 28.5. The van der Waals surface area contributed by atoms with E-state index in [1.165, 1.54) is 0 Å². The number of hydrogen-bond donors (Lipinski definition) is 1. The van der Waals surface area contributed by atoms with Gasteiger partial charge in [-0.2, -0.15) is 0 Å². The highest BCUT2D eigenvalue weighted by atomic mass is 16.7. The van der Waals surface area contributed by atoms with Gasteiger partial charge in [0.2, 0.25) is 0 Å². The Morgan fingerprint density at radius 2 is 1.41 bits per heavy atom. The fourth-order valence-electron chi connectivity index (χ4n) is 4.36. The molecular weight excluding hydrogens is 502 g/mol. The molecule has 3 aromatic rings. The van der Waals surface area contributed by atoms with Crippen LogP contribution in [0.1, 0.15) is 53.2 Å². The lowest BCUT2D eigenvalue weighted by molar-refractivity contribution is -0.138. The second-order valence-electron chi connectivity index (χ2n) is 9.15. The van der Waals surface area contributed by atoms with Crippen LogP contribution in [-0.2, 0) is 28.6 Å². The molecule has 0 saturated carbocycles. The van der Waals surface area contributed by atoms with Gasteiger partial charge in [0.1, 0.15) is 18.1 Å². The van der Waals surface area contributed by atoms with Crippen LogP contribution in [0.15, 0.2) is 78.0 Å². The maximum absolute atomic E-state index is 11.3. The molecule has 2 saturated heterocycles. The van der Waals surface area contributed by atoms with E-state index in [0.29, 0.717) is 43.5 Å². The summed E-state index contributed by atoms with van der Waals surface area (Å²) in [6.07, 6.45) is -0.821. The smallest absolute Gasteiger partial charge is 0.310 e. The van der Waals surface area contributed by atoms with Crippen molar-refractivity contribution in [1.82, 2.24) is 0 Å². The van der Waals surface area contributed by atoms with E-state index >= 15 is 0 Å². The van der Waals surface area contributed by atoms with E-state index in [9.17, 15) is 9.90 Å². The monoisotopic (exact) mass is 533 g/mol. The molecule has 2 aliphatic rings. The van der Waals surface area contributed by atoms with Gasteiger partial charge in [0.05, 0.1) is 32.3 Å². The van der Waals surface area contributed by atoms with Gasteiger partial charge in [-0.15, -0.1) is 0 Å². The summed E-state index contributed by atoms with van der Waals surface area (Å²) in [5.74, 6) is -0.937. The Bertz CT molecular complexity index is 1240. The van der Waals surface area contributed by atoms with Crippen LogP contribution in [0.25, 0.3) is 0 Å². The fourth-order valence-corrected chi connectivity index (χ4v) is 4.36. The van der Waals surface area contributed by atoms with E-state index in [4.69, 9.17) is 28.5 Å². The van der Waals surface area contributed by atoms with E-state index in [-0.39, 0.29) is 13.2 Å². The lowest BCUT2D eigenvalue weighted by Gasteiger charge is -2.15. The predicted molar refractivity (Wildman–Crippen MR) is 142 cm³/mol. The molecule has 2 aliphatic heterocycles. The quantitative estimate of drug-likeness (QED) is 0.213. The molecule has 0 bridgehead atoms. The first kappa shape index (κ1) is 26.8. The molecule has 9 heteroatoms. The number of ether oxygens (including phenoxy) is 5. The number of aliphatic carboxylic acids is 1. The molecule has 0 amide bonds. The summed E-state index contributed by atoms with van der Waals surface area (Å²) in [6.45, 7) is 4.28. The van der Waals surface area contributed by atoms with Crippen molar-refractivity contribution in [2.45, 2.75) is 25.4 Å². The SMILES string of the molecule is CC(C(=O)O)c1cccc(OCCON=C(c2cccc(C3OCCO3)c2)c2cccc(C3OCCO3)c2)c1. The van der Waals surface area contributed by atoms with Crippen molar-refractivity contribution in [3.63, 3.8) is 0 Å². The van der Waals surface area contributed by atoms with Crippen LogP contribution >= 0.6 is 0 Å². The first-order valence-corrected chi connectivity index (χ1v) is 12.9. The molecule has 204 valence electrons. The Morgan fingerprint density at radius 3 is 1.97 bits per heavy atom. The molecule has 3 aromatic carbocycles. The van der Waals surface area contributed by atoms with Crippen LogP contribution in [-0.4, -0.2) is 56.4 Å². The van der Waals surface area contributed by atoms with E-state index < -0.39 is 24.5 Å². The van der Waals surface area contributed by atoms with Crippen molar-refractivity contribution >= 4 is 11.7 Å². The summed E-state index contributed by atoms with van der Waals surface area (Å²) in [4.78, 5) is 17.0. The first-order valence-electron chi connectivity index (χ1n) is 12.9. The van der Waals surface area contributed by atoms with Crippen LogP contribution in [0.5, 0.6) is 5.75 Å². The van der Waals surface area contributed by atoms with Crippen LogP contribution in [0.4, 0.5) is 0 Å². The number of benzene rings is 3. The van der Waals surface area contributed by atoms with E-state index in [1.54, 1.807) is 31.2 Å². The first-order chi connectivity index (χ1) is 19.1. The number of carboxylic acids is 1. The fraction of sp³-hybridized carbons (Fsp3) is 0.333. The second-order valence-corrected chi connectivity index (χ2v) is 9.15. The average Bonchev–Trinajstić information content (AvgIpc) is 3.70. The van der Waals surface area contributed by atoms with Crippen LogP contribution in [0.2, 0.25) is 0 Å². The van der Waals surface area contributed by atoms with Crippen molar-refractivity contribution in [2.75, 3.05) is 39.6 Å². The number of rotatable bonds is 11. The van der Waals surface area contributed by atoms with E-state index in [2.05, 4.69) is 5.16 Å². The normalized spacial score (nSPS) is 16.6. The predicted octanol–water partition coefficient (Wildman–Crippen LogP) is 4.81. The Labute approximate surface area is 226 Å². The van der Waals surface area contributed by atoms with Gasteiger partial charge < -0.3 is 33.6 Å². The van der Waals surface area contributed by atoms with Crippen LogP contribution < -0.4 is 4.74 Å². The molecule has 9 nitrogen and oxygen atoms in total. The highest BCUT2D eigenvalue weighted by molar-refractivity contribution is 6.12. The van der Waals surface area contributed by atoms with Crippen LogP contribution in [0.3, 0.4) is 0 Å². The molecule has 39 heavy (non-hydrogen) atoms. The maximum atomic E-state index is 11.3. The summed E-state index contributed by atoms with van der Waals surface area (Å²) in [6, 6.07) is 22.7. The van der Waals surface area contributed by atoms with E-state index in [1.807, 2.05) is 48.5 Å². The van der Waals surface area contributed by atoms with E-state index in [0.717, 1.165) is 22.3 Å². The van der Waals surface area contributed by atoms with Crippen molar-refractivity contribution in [3.8, 4) is 5.75 Å². The summed E-state index contributed by atoms with van der Waals surface area (Å²) in [5, 5.41) is 13.8. The Kier molecular flexibility index (Phi) is 8.85. The van der Waals surface area contributed by atoms with Gasteiger partial charge in [-0.3, -0.25) is 4.79 Å².